The van der Waals surface area contributed by atoms with Crippen LogP contribution in [0, 0.1) is 11.8 Å². The highest BCUT2D eigenvalue weighted by Gasteiger charge is 2.70. The van der Waals surface area contributed by atoms with Gasteiger partial charge in [-0.1, -0.05) is 38.1 Å². The van der Waals surface area contributed by atoms with Gasteiger partial charge in [0.2, 0.25) is 17.4 Å². The second kappa shape index (κ2) is 7.08. The molecule has 2 aliphatic rings. The van der Waals surface area contributed by atoms with Gasteiger partial charge in [-0.25, -0.2) is 4.79 Å². The summed E-state index contributed by atoms with van der Waals surface area (Å²) in [6.07, 6.45) is 0. The van der Waals surface area contributed by atoms with Crippen LogP contribution in [-0.4, -0.2) is 41.4 Å². The van der Waals surface area contributed by atoms with Crippen molar-refractivity contribution in [2.45, 2.75) is 52.1 Å². The molecule has 6 heteroatoms. The number of hydrogen-bond acceptors (Lipinski definition) is 4. The number of esters is 1. The molecular formula is C21H29N2O4+. The van der Waals surface area contributed by atoms with Crippen molar-refractivity contribution in [3.8, 4) is 0 Å². The standard InChI is InChI=1S/C21H28N2O4/c1-6-23-18(24)15-16(19(23)25)21(5,20(26)27-7-2)22-17(15)14-10-8-13(9-11-14)12(3)4/h8-12,15-17,22H,6-7H2,1-5H3/p+1/t15-,16+,17-,21+/m0/s1. The summed E-state index contributed by atoms with van der Waals surface area (Å²) in [7, 11) is 0. The first kappa shape index (κ1) is 19.5. The molecule has 3 rings (SSSR count). The molecule has 146 valence electrons. The normalized spacial score (nSPS) is 30.1. The maximum Gasteiger partial charge on any atom is 0.368 e. The maximum absolute atomic E-state index is 13.0. The van der Waals surface area contributed by atoms with Crippen LogP contribution in [0.4, 0.5) is 0 Å². The summed E-state index contributed by atoms with van der Waals surface area (Å²) in [4.78, 5) is 40.0. The Balaban J connectivity index is 2.04. The second-order valence-corrected chi connectivity index (χ2v) is 7.94. The Morgan fingerprint density at radius 1 is 1.19 bits per heavy atom. The number of benzene rings is 1. The molecule has 2 saturated heterocycles. The lowest BCUT2D eigenvalue weighted by molar-refractivity contribution is -0.731. The Kier molecular flexibility index (Phi) is 5.12. The van der Waals surface area contributed by atoms with Crippen LogP contribution in [-0.2, 0) is 19.1 Å². The minimum Gasteiger partial charge on any atom is -0.461 e. The van der Waals surface area contributed by atoms with Crippen molar-refractivity contribution < 1.29 is 24.4 Å². The number of quaternary nitrogens is 1. The summed E-state index contributed by atoms with van der Waals surface area (Å²) < 4.78 is 5.27. The van der Waals surface area contributed by atoms with Gasteiger partial charge in [0.05, 0.1) is 6.61 Å². The number of rotatable bonds is 5. The van der Waals surface area contributed by atoms with Gasteiger partial charge in [-0.3, -0.25) is 14.5 Å². The average molecular weight is 373 g/mol. The molecule has 0 bridgehead atoms. The molecule has 6 nitrogen and oxygen atoms in total. The number of ether oxygens (including phenoxy) is 1. The molecule has 0 radical (unpaired) electrons. The van der Waals surface area contributed by atoms with E-state index in [0.29, 0.717) is 12.5 Å². The number of amides is 2. The van der Waals surface area contributed by atoms with Crippen molar-refractivity contribution in [3.63, 3.8) is 0 Å². The smallest absolute Gasteiger partial charge is 0.368 e. The summed E-state index contributed by atoms with van der Waals surface area (Å²) in [5, 5.41) is 1.87. The molecule has 4 atom stereocenters. The van der Waals surface area contributed by atoms with E-state index in [1.807, 2.05) is 17.4 Å². The summed E-state index contributed by atoms with van der Waals surface area (Å²) >= 11 is 0. The van der Waals surface area contributed by atoms with Crippen molar-refractivity contribution in [2.75, 3.05) is 13.2 Å². The molecule has 2 heterocycles. The van der Waals surface area contributed by atoms with Gasteiger partial charge in [-0.05, 0) is 25.3 Å². The molecule has 0 saturated carbocycles. The number of likely N-dealkylation sites (tertiary alicyclic amines) is 1. The first-order valence-corrected chi connectivity index (χ1v) is 9.74. The largest absolute Gasteiger partial charge is 0.461 e. The Labute approximate surface area is 160 Å². The minimum absolute atomic E-state index is 0.185. The van der Waals surface area contributed by atoms with E-state index in [0.717, 1.165) is 5.56 Å². The number of carbonyl (C=O) groups is 3. The molecule has 2 N–H and O–H groups in total. The van der Waals surface area contributed by atoms with Crippen molar-refractivity contribution in [1.29, 1.82) is 0 Å². The molecule has 0 spiro atoms. The van der Waals surface area contributed by atoms with E-state index < -0.39 is 23.3 Å². The summed E-state index contributed by atoms with van der Waals surface area (Å²) in [6.45, 7) is 10.1. The Morgan fingerprint density at radius 2 is 1.81 bits per heavy atom. The number of carbonyl (C=O) groups excluding carboxylic acids is 3. The van der Waals surface area contributed by atoms with Crippen molar-refractivity contribution in [3.05, 3.63) is 35.4 Å². The van der Waals surface area contributed by atoms with Crippen LogP contribution >= 0.6 is 0 Å². The quantitative estimate of drug-likeness (QED) is 0.624. The first-order chi connectivity index (χ1) is 12.8. The highest BCUT2D eigenvalue weighted by molar-refractivity contribution is 6.08. The van der Waals surface area contributed by atoms with E-state index in [1.54, 1.807) is 20.8 Å². The zero-order chi connectivity index (χ0) is 19.9. The minimum atomic E-state index is -1.10. The Bertz CT molecular complexity index is 758. The first-order valence-electron chi connectivity index (χ1n) is 9.74. The van der Waals surface area contributed by atoms with Gasteiger partial charge in [0.1, 0.15) is 17.9 Å². The van der Waals surface area contributed by atoms with Gasteiger partial charge in [0.25, 0.3) is 0 Å². The topological polar surface area (TPSA) is 80.3 Å². The highest BCUT2D eigenvalue weighted by Crippen LogP contribution is 2.44. The van der Waals surface area contributed by atoms with Crippen LogP contribution in [0.1, 0.15) is 57.7 Å². The molecule has 2 fully saturated rings. The number of nitrogens with zero attached hydrogens (tertiary/aromatic N) is 1. The summed E-state index contributed by atoms with van der Waals surface area (Å²) in [5.74, 6) is -1.71. The molecule has 1 aromatic rings. The molecule has 0 aromatic heterocycles. The van der Waals surface area contributed by atoms with E-state index in [4.69, 9.17) is 4.74 Å². The van der Waals surface area contributed by atoms with E-state index in [1.165, 1.54) is 10.5 Å². The third-order valence-electron chi connectivity index (χ3n) is 6.02. The second-order valence-electron chi connectivity index (χ2n) is 7.94. The zero-order valence-electron chi connectivity index (χ0n) is 16.7. The van der Waals surface area contributed by atoms with E-state index in [9.17, 15) is 14.4 Å². The van der Waals surface area contributed by atoms with Crippen LogP contribution in [0.15, 0.2) is 24.3 Å². The molecule has 27 heavy (non-hydrogen) atoms. The van der Waals surface area contributed by atoms with Crippen molar-refractivity contribution >= 4 is 17.8 Å². The maximum atomic E-state index is 13.0. The number of fused-ring (bicyclic) bond motifs is 1. The van der Waals surface area contributed by atoms with Crippen molar-refractivity contribution in [2.24, 2.45) is 11.8 Å². The molecular weight excluding hydrogens is 344 g/mol. The molecule has 2 aliphatic heterocycles. The summed E-state index contributed by atoms with van der Waals surface area (Å²) in [6, 6.07) is 7.86. The van der Waals surface area contributed by atoms with Crippen LogP contribution in [0.25, 0.3) is 0 Å². The predicted octanol–water partition coefficient (Wildman–Crippen LogP) is 1.37. The number of hydrogen-bond donors (Lipinski definition) is 1. The molecule has 0 unspecified atom stereocenters. The van der Waals surface area contributed by atoms with Gasteiger partial charge >= 0.3 is 5.97 Å². The van der Waals surface area contributed by atoms with E-state index in [-0.39, 0.29) is 24.5 Å². The molecule has 1 aromatic carbocycles. The monoisotopic (exact) mass is 373 g/mol. The highest BCUT2D eigenvalue weighted by atomic mass is 16.5. The van der Waals surface area contributed by atoms with Crippen LogP contribution in [0.3, 0.4) is 0 Å². The lowest BCUT2D eigenvalue weighted by Crippen LogP contribution is -2.97. The van der Waals surface area contributed by atoms with E-state index >= 15 is 0 Å². The predicted molar refractivity (Wildman–Crippen MR) is 99.6 cm³/mol. The van der Waals surface area contributed by atoms with E-state index in [2.05, 4.69) is 26.0 Å². The third kappa shape index (κ3) is 2.96. The van der Waals surface area contributed by atoms with Crippen LogP contribution in [0.5, 0.6) is 0 Å². The summed E-state index contributed by atoms with van der Waals surface area (Å²) in [5.41, 5.74) is 1.07. The number of nitrogens with two attached hydrogens (primary N) is 1. The fraction of sp³-hybridized carbons (Fsp3) is 0.571. The van der Waals surface area contributed by atoms with Crippen LogP contribution < -0.4 is 5.32 Å². The van der Waals surface area contributed by atoms with Gasteiger partial charge in [-0.15, -0.1) is 0 Å². The van der Waals surface area contributed by atoms with Gasteiger partial charge in [0.15, 0.2) is 0 Å². The van der Waals surface area contributed by atoms with Crippen molar-refractivity contribution in [1.82, 2.24) is 4.90 Å². The lowest BCUT2D eigenvalue weighted by atomic mass is 9.80. The van der Waals surface area contributed by atoms with Gasteiger partial charge in [0, 0.05) is 19.0 Å². The van der Waals surface area contributed by atoms with Crippen LogP contribution in [0.2, 0.25) is 0 Å². The fourth-order valence-corrected chi connectivity index (χ4v) is 4.52. The fourth-order valence-electron chi connectivity index (χ4n) is 4.52. The molecule has 0 aliphatic carbocycles. The van der Waals surface area contributed by atoms with Gasteiger partial charge < -0.3 is 10.1 Å². The van der Waals surface area contributed by atoms with Gasteiger partial charge in [-0.2, -0.15) is 0 Å². The number of imide groups is 1. The third-order valence-corrected chi connectivity index (χ3v) is 6.02. The average Bonchev–Trinajstić information content (AvgIpc) is 3.09. The lowest BCUT2D eigenvalue weighted by Gasteiger charge is -2.25. The Hall–Kier alpha value is -2.21. The molecule has 2 amide bonds. The Morgan fingerprint density at radius 3 is 2.33 bits per heavy atom. The zero-order valence-corrected chi connectivity index (χ0v) is 16.7. The SMILES string of the molecule is CCOC(=O)[C@]1(C)[NH2+][C@@H](c2ccc(C(C)C)cc2)[C@H]2C(=O)N(CC)C(=O)[C@@H]21.